The molecule has 0 bridgehead atoms. The number of carbonyl (C=O) groups excluding carboxylic acids is 1. The van der Waals surface area contributed by atoms with E-state index in [2.05, 4.69) is 15.4 Å². The SMILES string of the molecule is O=C(Nc1cnn(Cc2ccncc2)c1)c1cccc2c1OCCO2. The summed E-state index contributed by atoms with van der Waals surface area (Å²) in [5.74, 6) is 0.813. The lowest BCUT2D eigenvalue weighted by Gasteiger charge is -2.20. The molecule has 0 saturated carbocycles. The lowest BCUT2D eigenvalue weighted by molar-refractivity contribution is 0.101. The number of pyridine rings is 1. The van der Waals surface area contributed by atoms with Gasteiger partial charge in [0.1, 0.15) is 13.2 Å². The van der Waals surface area contributed by atoms with E-state index in [1.807, 2.05) is 12.1 Å². The van der Waals surface area contributed by atoms with Crippen molar-refractivity contribution in [3.8, 4) is 11.5 Å². The molecule has 0 aliphatic carbocycles. The molecular formula is C18H16N4O3. The van der Waals surface area contributed by atoms with Crippen molar-refractivity contribution in [1.29, 1.82) is 0 Å². The van der Waals surface area contributed by atoms with Gasteiger partial charge in [0.25, 0.3) is 5.91 Å². The molecule has 0 unspecified atom stereocenters. The lowest BCUT2D eigenvalue weighted by Crippen LogP contribution is -2.20. The van der Waals surface area contributed by atoms with Gasteiger partial charge in [0, 0.05) is 18.6 Å². The van der Waals surface area contributed by atoms with Crippen LogP contribution in [0.15, 0.2) is 55.1 Å². The second-order valence-corrected chi connectivity index (χ2v) is 5.57. The summed E-state index contributed by atoms with van der Waals surface area (Å²) < 4.78 is 12.8. The maximum atomic E-state index is 12.6. The van der Waals surface area contributed by atoms with E-state index in [4.69, 9.17) is 9.47 Å². The van der Waals surface area contributed by atoms with Gasteiger partial charge in [-0.3, -0.25) is 14.5 Å². The van der Waals surface area contributed by atoms with E-state index in [0.717, 1.165) is 5.56 Å². The maximum absolute atomic E-state index is 12.6. The van der Waals surface area contributed by atoms with Gasteiger partial charge in [0.05, 0.1) is 24.0 Å². The molecule has 25 heavy (non-hydrogen) atoms. The molecule has 0 atom stereocenters. The first kappa shape index (κ1) is 15.2. The van der Waals surface area contributed by atoms with Crippen molar-refractivity contribution in [2.24, 2.45) is 0 Å². The third-order valence-electron chi connectivity index (χ3n) is 3.80. The van der Waals surface area contributed by atoms with Gasteiger partial charge >= 0.3 is 0 Å². The van der Waals surface area contributed by atoms with Crippen LogP contribution in [0.5, 0.6) is 11.5 Å². The molecule has 3 heterocycles. The number of para-hydroxylation sites is 1. The van der Waals surface area contributed by atoms with Gasteiger partial charge in [-0.2, -0.15) is 5.10 Å². The quantitative estimate of drug-likeness (QED) is 0.791. The Morgan fingerprint density at radius 2 is 2.00 bits per heavy atom. The lowest BCUT2D eigenvalue weighted by atomic mass is 10.1. The van der Waals surface area contributed by atoms with Gasteiger partial charge in [-0.1, -0.05) is 6.07 Å². The van der Waals surface area contributed by atoms with Crippen LogP contribution in [0.1, 0.15) is 15.9 Å². The fraction of sp³-hybridized carbons (Fsp3) is 0.167. The summed E-state index contributed by atoms with van der Waals surface area (Å²) in [5.41, 5.74) is 2.14. The van der Waals surface area contributed by atoms with Gasteiger partial charge in [-0.25, -0.2) is 0 Å². The largest absolute Gasteiger partial charge is 0.486 e. The molecule has 0 fully saturated rings. The summed E-state index contributed by atoms with van der Waals surface area (Å²) in [6.07, 6.45) is 6.88. The van der Waals surface area contributed by atoms with E-state index in [-0.39, 0.29) is 5.91 Å². The zero-order valence-corrected chi connectivity index (χ0v) is 13.4. The molecule has 126 valence electrons. The zero-order chi connectivity index (χ0) is 17.1. The third-order valence-corrected chi connectivity index (χ3v) is 3.80. The molecule has 1 N–H and O–H groups in total. The normalized spacial score (nSPS) is 12.6. The Bertz CT molecular complexity index is 892. The predicted molar refractivity (Wildman–Crippen MR) is 91.0 cm³/mol. The molecule has 2 aromatic heterocycles. The van der Waals surface area contributed by atoms with E-state index in [9.17, 15) is 4.79 Å². The molecule has 1 amide bonds. The minimum absolute atomic E-state index is 0.259. The molecule has 0 saturated heterocycles. The van der Waals surface area contributed by atoms with Crippen LogP contribution < -0.4 is 14.8 Å². The summed E-state index contributed by atoms with van der Waals surface area (Å²) in [6, 6.07) is 9.12. The number of hydrogen-bond acceptors (Lipinski definition) is 5. The van der Waals surface area contributed by atoms with Crippen molar-refractivity contribution in [3.05, 3.63) is 66.2 Å². The summed E-state index contributed by atoms with van der Waals surface area (Å²) in [5, 5.41) is 7.12. The number of aromatic nitrogens is 3. The number of amides is 1. The van der Waals surface area contributed by atoms with Crippen molar-refractivity contribution < 1.29 is 14.3 Å². The molecule has 3 aromatic rings. The van der Waals surface area contributed by atoms with E-state index < -0.39 is 0 Å². The molecule has 1 aliphatic rings. The summed E-state index contributed by atoms with van der Waals surface area (Å²) in [4.78, 5) is 16.6. The van der Waals surface area contributed by atoms with Crippen LogP contribution in [0.3, 0.4) is 0 Å². The highest BCUT2D eigenvalue weighted by Crippen LogP contribution is 2.33. The molecule has 4 rings (SSSR count). The number of benzene rings is 1. The minimum Gasteiger partial charge on any atom is -0.486 e. The number of carbonyl (C=O) groups is 1. The Morgan fingerprint density at radius 1 is 1.16 bits per heavy atom. The van der Waals surface area contributed by atoms with E-state index in [1.165, 1.54) is 0 Å². The molecule has 1 aromatic carbocycles. The highest BCUT2D eigenvalue weighted by atomic mass is 16.6. The van der Waals surface area contributed by atoms with E-state index in [0.29, 0.717) is 42.5 Å². The molecule has 7 nitrogen and oxygen atoms in total. The van der Waals surface area contributed by atoms with E-state index >= 15 is 0 Å². The van der Waals surface area contributed by atoms with Crippen LogP contribution in [-0.4, -0.2) is 33.9 Å². The second-order valence-electron chi connectivity index (χ2n) is 5.57. The summed E-state index contributed by atoms with van der Waals surface area (Å²) >= 11 is 0. The topological polar surface area (TPSA) is 78.3 Å². The first-order chi connectivity index (χ1) is 12.3. The number of nitrogens with one attached hydrogen (secondary N) is 1. The van der Waals surface area contributed by atoms with Crippen molar-refractivity contribution >= 4 is 11.6 Å². The smallest absolute Gasteiger partial charge is 0.259 e. The van der Waals surface area contributed by atoms with Crippen molar-refractivity contribution in [3.63, 3.8) is 0 Å². The third kappa shape index (κ3) is 3.30. The number of ether oxygens (including phenoxy) is 2. The van der Waals surface area contributed by atoms with Crippen LogP contribution in [0.4, 0.5) is 5.69 Å². The number of fused-ring (bicyclic) bond motifs is 1. The molecule has 7 heteroatoms. The summed E-state index contributed by atoms with van der Waals surface area (Å²) in [7, 11) is 0. The zero-order valence-electron chi connectivity index (χ0n) is 13.4. The summed E-state index contributed by atoms with van der Waals surface area (Å²) in [6.45, 7) is 1.52. The van der Waals surface area contributed by atoms with Gasteiger partial charge in [0.15, 0.2) is 11.5 Å². The number of hydrogen-bond donors (Lipinski definition) is 1. The van der Waals surface area contributed by atoms with E-state index in [1.54, 1.807) is 47.7 Å². The molecule has 0 radical (unpaired) electrons. The van der Waals surface area contributed by atoms with Crippen LogP contribution >= 0.6 is 0 Å². The minimum atomic E-state index is -0.259. The number of rotatable bonds is 4. The van der Waals surface area contributed by atoms with Crippen LogP contribution in [-0.2, 0) is 6.54 Å². The van der Waals surface area contributed by atoms with Crippen LogP contribution in [0, 0.1) is 0 Å². The molecule has 1 aliphatic heterocycles. The Balaban J connectivity index is 1.49. The van der Waals surface area contributed by atoms with Crippen LogP contribution in [0.2, 0.25) is 0 Å². The van der Waals surface area contributed by atoms with Crippen molar-refractivity contribution in [2.45, 2.75) is 6.54 Å². The highest BCUT2D eigenvalue weighted by Gasteiger charge is 2.20. The Hall–Kier alpha value is -3.35. The highest BCUT2D eigenvalue weighted by molar-refractivity contribution is 6.06. The maximum Gasteiger partial charge on any atom is 0.259 e. The van der Waals surface area contributed by atoms with Crippen molar-refractivity contribution in [1.82, 2.24) is 14.8 Å². The standard InChI is InChI=1S/C18H16N4O3/c23-18(15-2-1-3-16-17(15)25-9-8-24-16)21-14-10-20-22(12-14)11-13-4-6-19-7-5-13/h1-7,10,12H,8-9,11H2,(H,21,23). The van der Waals surface area contributed by atoms with Gasteiger partial charge in [-0.05, 0) is 29.8 Å². The average molecular weight is 336 g/mol. The van der Waals surface area contributed by atoms with Crippen molar-refractivity contribution in [2.75, 3.05) is 18.5 Å². The molecular weight excluding hydrogens is 320 g/mol. The fourth-order valence-corrected chi connectivity index (χ4v) is 2.64. The molecule has 0 spiro atoms. The number of nitrogens with zero attached hydrogens (tertiary/aromatic N) is 3. The van der Waals surface area contributed by atoms with Gasteiger partial charge < -0.3 is 14.8 Å². The Morgan fingerprint density at radius 3 is 2.88 bits per heavy atom. The Labute approximate surface area is 144 Å². The Kier molecular flexibility index (Phi) is 4.04. The number of anilines is 1. The first-order valence-corrected chi connectivity index (χ1v) is 7.91. The van der Waals surface area contributed by atoms with Crippen LogP contribution in [0.25, 0.3) is 0 Å². The second kappa shape index (κ2) is 6.64. The predicted octanol–water partition coefficient (Wildman–Crippen LogP) is 2.35. The fourth-order valence-electron chi connectivity index (χ4n) is 2.64. The first-order valence-electron chi connectivity index (χ1n) is 7.91. The average Bonchev–Trinajstić information content (AvgIpc) is 3.09. The van der Waals surface area contributed by atoms with Gasteiger partial charge in [0.2, 0.25) is 0 Å². The van der Waals surface area contributed by atoms with Gasteiger partial charge in [-0.15, -0.1) is 0 Å². The monoisotopic (exact) mass is 336 g/mol.